The van der Waals surface area contributed by atoms with E-state index in [0.29, 0.717) is 6.29 Å². The van der Waals surface area contributed by atoms with E-state index in [-0.39, 0.29) is 22.6 Å². The first-order valence-electron chi connectivity index (χ1n) is 5.63. The first kappa shape index (κ1) is 14.0. The Kier molecular flexibility index (Phi) is 3.74. The second-order valence-electron chi connectivity index (χ2n) is 3.98. The van der Waals surface area contributed by atoms with Crippen LogP contribution in [0.1, 0.15) is 15.9 Å². The zero-order chi connectivity index (χ0) is 14.8. The first-order valence-corrected chi connectivity index (χ1v) is 5.63. The smallest absolute Gasteiger partial charge is 0.417 e. The number of alkyl halides is 3. The Labute approximate surface area is 113 Å². The lowest BCUT2D eigenvalue weighted by Crippen LogP contribution is -2.07. The average molecular weight is 281 g/mol. The van der Waals surface area contributed by atoms with Crippen molar-refractivity contribution in [2.75, 3.05) is 7.11 Å². The van der Waals surface area contributed by atoms with Crippen LogP contribution in [0, 0.1) is 0 Å². The minimum Gasteiger partial charge on any atom is -0.480 e. The van der Waals surface area contributed by atoms with Crippen molar-refractivity contribution >= 4 is 6.29 Å². The molecule has 0 radical (unpaired) electrons. The Balaban J connectivity index is 2.61. The molecule has 0 fully saturated rings. The number of halogens is 3. The second-order valence-corrected chi connectivity index (χ2v) is 3.98. The van der Waals surface area contributed by atoms with Gasteiger partial charge in [-0.05, 0) is 17.7 Å². The van der Waals surface area contributed by atoms with Gasteiger partial charge in [-0.15, -0.1) is 0 Å². The van der Waals surface area contributed by atoms with E-state index in [1.54, 1.807) is 0 Å². The second kappa shape index (κ2) is 5.32. The van der Waals surface area contributed by atoms with E-state index in [9.17, 15) is 18.0 Å². The largest absolute Gasteiger partial charge is 0.480 e. The van der Waals surface area contributed by atoms with Gasteiger partial charge in [0.1, 0.15) is 0 Å². The molecule has 0 aliphatic carbocycles. The van der Waals surface area contributed by atoms with Crippen LogP contribution in [-0.2, 0) is 6.18 Å². The molecule has 1 aromatic carbocycles. The summed E-state index contributed by atoms with van der Waals surface area (Å²) in [5, 5.41) is 0. The zero-order valence-electron chi connectivity index (χ0n) is 10.4. The van der Waals surface area contributed by atoms with Crippen molar-refractivity contribution in [3.8, 4) is 17.0 Å². The van der Waals surface area contributed by atoms with Gasteiger partial charge in [-0.2, -0.15) is 13.2 Å². The molecule has 0 amide bonds. The number of aldehydes is 1. The van der Waals surface area contributed by atoms with Gasteiger partial charge in [-0.1, -0.05) is 18.2 Å². The molecule has 0 unspecified atom stereocenters. The number of rotatable bonds is 3. The van der Waals surface area contributed by atoms with Gasteiger partial charge >= 0.3 is 6.18 Å². The molecular weight excluding hydrogens is 271 g/mol. The molecule has 20 heavy (non-hydrogen) atoms. The number of carbonyl (C=O) groups is 1. The van der Waals surface area contributed by atoms with Crippen LogP contribution in [0.3, 0.4) is 0 Å². The van der Waals surface area contributed by atoms with Crippen LogP contribution in [0.15, 0.2) is 36.5 Å². The van der Waals surface area contributed by atoms with Gasteiger partial charge in [0.15, 0.2) is 6.29 Å². The van der Waals surface area contributed by atoms with Crippen molar-refractivity contribution in [1.29, 1.82) is 0 Å². The predicted molar refractivity (Wildman–Crippen MR) is 66.6 cm³/mol. The standard InChI is InChI=1S/C14H10F3NO2/c1-20-13-10(8-19)6-9(7-18-13)11-4-2-3-5-12(11)14(15,16)17/h2-8H,1H3. The van der Waals surface area contributed by atoms with Crippen LogP contribution in [0.2, 0.25) is 0 Å². The molecule has 6 heteroatoms. The van der Waals surface area contributed by atoms with Crippen molar-refractivity contribution in [3.05, 3.63) is 47.7 Å². The number of hydrogen-bond donors (Lipinski definition) is 0. The van der Waals surface area contributed by atoms with Gasteiger partial charge in [0.25, 0.3) is 0 Å². The van der Waals surface area contributed by atoms with Crippen molar-refractivity contribution < 1.29 is 22.7 Å². The van der Waals surface area contributed by atoms with Gasteiger partial charge in [0, 0.05) is 11.8 Å². The Hall–Kier alpha value is -2.37. The molecule has 1 aromatic heterocycles. The van der Waals surface area contributed by atoms with E-state index in [0.717, 1.165) is 6.07 Å². The highest BCUT2D eigenvalue weighted by molar-refractivity contribution is 5.82. The van der Waals surface area contributed by atoms with Gasteiger partial charge in [0.2, 0.25) is 5.88 Å². The molecule has 0 aliphatic heterocycles. The highest BCUT2D eigenvalue weighted by Crippen LogP contribution is 2.37. The molecule has 0 aliphatic rings. The summed E-state index contributed by atoms with van der Waals surface area (Å²) >= 11 is 0. The van der Waals surface area contributed by atoms with Crippen LogP contribution in [0.4, 0.5) is 13.2 Å². The number of ether oxygens (including phenoxy) is 1. The fourth-order valence-corrected chi connectivity index (χ4v) is 1.85. The van der Waals surface area contributed by atoms with E-state index in [1.165, 1.54) is 37.6 Å². The Morgan fingerprint density at radius 3 is 2.55 bits per heavy atom. The van der Waals surface area contributed by atoms with Gasteiger partial charge in [-0.25, -0.2) is 4.98 Å². The normalized spacial score (nSPS) is 11.2. The molecule has 0 saturated heterocycles. The molecule has 0 N–H and O–H groups in total. The van der Waals surface area contributed by atoms with Crippen LogP contribution < -0.4 is 4.74 Å². The third-order valence-corrected chi connectivity index (χ3v) is 2.74. The molecule has 1 heterocycles. The summed E-state index contributed by atoms with van der Waals surface area (Å²) in [5.41, 5.74) is -0.495. The third kappa shape index (κ3) is 2.64. The number of benzene rings is 1. The highest BCUT2D eigenvalue weighted by Gasteiger charge is 2.33. The molecule has 2 rings (SSSR count). The maximum absolute atomic E-state index is 12.9. The molecule has 0 atom stereocenters. The predicted octanol–water partition coefficient (Wildman–Crippen LogP) is 3.59. The fourth-order valence-electron chi connectivity index (χ4n) is 1.85. The highest BCUT2D eigenvalue weighted by atomic mass is 19.4. The average Bonchev–Trinajstić information content (AvgIpc) is 2.45. The summed E-state index contributed by atoms with van der Waals surface area (Å²) in [6, 6.07) is 6.45. The SMILES string of the molecule is COc1ncc(-c2ccccc2C(F)(F)F)cc1C=O. The minimum absolute atomic E-state index is 0.0294. The molecule has 0 spiro atoms. The monoisotopic (exact) mass is 281 g/mol. The van der Waals surface area contributed by atoms with Gasteiger partial charge in [-0.3, -0.25) is 4.79 Å². The number of hydrogen-bond acceptors (Lipinski definition) is 3. The lowest BCUT2D eigenvalue weighted by atomic mass is 10.00. The van der Waals surface area contributed by atoms with E-state index in [4.69, 9.17) is 4.74 Å². The van der Waals surface area contributed by atoms with E-state index in [2.05, 4.69) is 4.98 Å². The quantitative estimate of drug-likeness (QED) is 0.807. The molecule has 0 saturated carbocycles. The minimum atomic E-state index is -4.47. The lowest BCUT2D eigenvalue weighted by molar-refractivity contribution is -0.137. The van der Waals surface area contributed by atoms with Crippen LogP contribution >= 0.6 is 0 Å². The zero-order valence-corrected chi connectivity index (χ0v) is 10.4. The van der Waals surface area contributed by atoms with Crippen molar-refractivity contribution in [2.24, 2.45) is 0 Å². The maximum atomic E-state index is 12.9. The summed E-state index contributed by atoms with van der Waals surface area (Å²) in [6.45, 7) is 0. The van der Waals surface area contributed by atoms with Crippen molar-refractivity contribution in [2.45, 2.75) is 6.18 Å². The summed E-state index contributed by atoms with van der Waals surface area (Å²) in [5.74, 6) is 0.0771. The third-order valence-electron chi connectivity index (χ3n) is 2.74. The molecule has 2 aromatic rings. The van der Waals surface area contributed by atoms with E-state index in [1.807, 2.05) is 0 Å². The lowest BCUT2D eigenvalue weighted by Gasteiger charge is -2.13. The molecule has 104 valence electrons. The number of aromatic nitrogens is 1. The van der Waals surface area contributed by atoms with Gasteiger partial charge < -0.3 is 4.74 Å². The molecular formula is C14H10F3NO2. The topological polar surface area (TPSA) is 39.2 Å². The Morgan fingerprint density at radius 2 is 1.95 bits per heavy atom. The molecule has 3 nitrogen and oxygen atoms in total. The maximum Gasteiger partial charge on any atom is 0.417 e. The van der Waals surface area contributed by atoms with Crippen molar-refractivity contribution in [1.82, 2.24) is 4.98 Å². The molecule has 0 bridgehead atoms. The van der Waals surface area contributed by atoms with Crippen LogP contribution in [0.25, 0.3) is 11.1 Å². The Morgan fingerprint density at radius 1 is 1.25 bits per heavy atom. The summed E-state index contributed by atoms with van der Waals surface area (Å²) < 4.78 is 43.7. The van der Waals surface area contributed by atoms with Crippen LogP contribution in [0.5, 0.6) is 5.88 Å². The van der Waals surface area contributed by atoms with E-state index < -0.39 is 11.7 Å². The summed E-state index contributed by atoms with van der Waals surface area (Å²) in [7, 11) is 1.33. The summed E-state index contributed by atoms with van der Waals surface area (Å²) in [4.78, 5) is 14.8. The van der Waals surface area contributed by atoms with Crippen LogP contribution in [-0.4, -0.2) is 18.4 Å². The van der Waals surface area contributed by atoms with Crippen molar-refractivity contribution in [3.63, 3.8) is 0 Å². The first-order chi connectivity index (χ1) is 9.47. The number of pyridine rings is 1. The fraction of sp³-hybridized carbons (Fsp3) is 0.143. The number of nitrogens with zero attached hydrogens (tertiary/aromatic N) is 1. The van der Waals surface area contributed by atoms with E-state index >= 15 is 0 Å². The number of methoxy groups -OCH3 is 1. The number of carbonyl (C=O) groups excluding carboxylic acids is 1. The Bertz CT molecular complexity index is 639. The summed E-state index contributed by atoms with van der Waals surface area (Å²) in [6.07, 6.45) is -2.74. The van der Waals surface area contributed by atoms with Gasteiger partial charge in [0.05, 0.1) is 18.2 Å².